The van der Waals surface area contributed by atoms with Crippen LogP contribution >= 0.6 is 0 Å². The second-order valence-corrected chi connectivity index (χ2v) is 10.6. The van der Waals surface area contributed by atoms with Crippen molar-refractivity contribution in [3.8, 4) is 5.75 Å². The molecule has 0 aliphatic heterocycles. The monoisotopic (exact) mass is 560 g/mol. The molecule has 1 aliphatic rings. The molecule has 1 aromatic carbocycles. The van der Waals surface area contributed by atoms with Crippen LogP contribution in [0, 0.1) is 22.0 Å². The van der Waals surface area contributed by atoms with Crippen molar-refractivity contribution in [1.29, 1.82) is 0 Å². The topological polar surface area (TPSA) is 156 Å². The maximum Gasteiger partial charge on any atom is 0.328 e. The van der Waals surface area contributed by atoms with Gasteiger partial charge >= 0.3 is 11.7 Å². The molecule has 10 heteroatoms. The second kappa shape index (κ2) is 17.4. The minimum absolute atomic E-state index is 0.000992. The summed E-state index contributed by atoms with van der Waals surface area (Å²) in [4.78, 5) is 47.5. The SMILES string of the molecule is CCCCC[C@@H](O)/C=C/[C@H]1CCC(=O)[C@@H]1CCCCCCC(=O)N[C@@H](Cc1ccc(O)c([N+](=O)[O-])c1)C(=O)OC. The standard InChI is InChI=1S/C30H44N2O8/c1-3-4-7-10-23(33)16-14-22-15-18-27(34)24(22)11-8-5-6-9-12-29(36)31-25(30(37)40-2)19-21-13-17-28(35)26(20-21)32(38)39/h13-14,16-17,20,22-25,33,35H,3-12,15,18-19H2,1-2H3,(H,31,36)/b16-14+/t22-,23+,24+,25-/m0/s1. The third-order valence-electron chi connectivity index (χ3n) is 7.50. The van der Waals surface area contributed by atoms with Crippen molar-refractivity contribution in [3.05, 3.63) is 46.0 Å². The van der Waals surface area contributed by atoms with Crippen LogP contribution < -0.4 is 5.32 Å². The van der Waals surface area contributed by atoms with Crippen LogP contribution in [-0.4, -0.2) is 52.1 Å². The molecule has 222 valence electrons. The number of phenolic OH excluding ortho intramolecular Hbond substituents is 1. The molecule has 1 fully saturated rings. The van der Waals surface area contributed by atoms with Crippen LogP contribution in [-0.2, 0) is 25.5 Å². The van der Waals surface area contributed by atoms with Gasteiger partial charge in [-0.3, -0.25) is 19.7 Å². The van der Waals surface area contributed by atoms with Crippen LogP contribution in [0.15, 0.2) is 30.4 Å². The molecule has 1 aliphatic carbocycles. The number of esters is 1. The summed E-state index contributed by atoms with van der Waals surface area (Å²) in [6.07, 6.45) is 13.0. The number of rotatable bonds is 18. The zero-order chi connectivity index (χ0) is 29.5. The van der Waals surface area contributed by atoms with Gasteiger partial charge in [0.25, 0.3) is 0 Å². The number of carbonyl (C=O) groups excluding carboxylic acids is 3. The number of nitro groups is 1. The van der Waals surface area contributed by atoms with Gasteiger partial charge in [-0.2, -0.15) is 0 Å². The van der Waals surface area contributed by atoms with E-state index in [2.05, 4.69) is 12.2 Å². The molecule has 4 atom stereocenters. The smallest absolute Gasteiger partial charge is 0.328 e. The number of aliphatic hydroxyl groups excluding tert-OH is 1. The van der Waals surface area contributed by atoms with Gasteiger partial charge in [-0.1, -0.05) is 63.7 Å². The molecule has 0 saturated heterocycles. The summed E-state index contributed by atoms with van der Waals surface area (Å²) in [5.74, 6) is -0.987. The molecule has 2 rings (SSSR count). The summed E-state index contributed by atoms with van der Waals surface area (Å²) >= 11 is 0. The Hall–Kier alpha value is -3.27. The summed E-state index contributed by atoms with van der Waals surface area (Å²) in [7, 11) is 1.20. The molecule has 0 radical (unpaired) electrons. The average Bonchev–Trinajstić information content (AvgIpc) is 3.28. The van der Waals surface area contributed by atoms with Crippen LogP contribution in [0.5, 0.6) is 5.75 Å². The molecule has 0 spiro atoms. The number of phenols is 1. The van der Waals surface area contributed by atoms with E-state index in [-0.39, 0.29) is 30.6 Å². The summed E-state index contributed by atoms with van der Waals surface area (Å²) in [6, 6.07) is 2.79. The lowest BCUT2D eigenvalue weighted by molar-refractivity contribution is -0.385. The minimum atomic E-state index is -1.01. The fourth-order valence-electron chi connectivity index (χ4n) is 5.19. The third-order valence-corrected chi connectivity index (χ3v) is 7.50. The highest BCUT2D eigenvalue weighted by Crippen LogP contribution is 2.34. The molecular weight excluding hydrogens is 516 g/mol. The van der Waals surface area contributed by atoms with Crippen LogP contribution in [0.2, 0.25) is 0 Å². The first-order valence-electron chi connectivity index (χ1n) is 14.4. The number of nitro benzene ring substituents is 1. The highest BCUT2D eigenvalue weighted by molar-refractivity contribution is 5.85. The summed E-state index contributed by atoms with van der Waals surface area (Å²) < 4.78 is 4.78. The van der Waals surface area contributed by atoms with Gasteiger partial charge in [-0.25, -0.2) is 4.79 Å². The third kappa shape index (κ3) is 11.1. The van der Waals surface area contributed by atoms with Crippen LogP contribution in [0.4, 0.5) is 5.69 Å². The van der Waals surface area contributed by atoms with E-state index in [1.165, 1.54) is 25.3 Å². The van der Waals surface area contributed by atoms with E-state index < -0.39 is 34.5 Å². The lowest BCUT2D eigenvalue weighted by atomic mass is 9.89. The number of hydrogen-bond acceptors (Lipinski definition) is 8. The van der Waals surface area contributed by atoms with Gasteiger partial charge in [0, 0.05) is 31.2 Å². The fourth-order valence-corrected chi connectivity index (χ4v) is 5.19. The van der Waals surface area contributed by atoms with Crippen molar-refractivity contribution < 1.29 is 34.3 Å². The van der Waals surface area contributed by atoms with Gasteiger partial charge in [-0.15, -0.1) is 0 Å². The first-order valence-corrected chi connectivity index (χ1v) is 14.4. The molecule has 0 unspecified atom stereocenters. The number of unbranched alkanes of at least 4 members (excludes halogenated alkanes) is 5. The Labute approximate surface area is 236 Å². The van der Waals surface area contributed by atoms with Crippen molar-refractivity contribution in [1.82, 2.24) is 5.32 Å². The predicted molar refractivity (Wildman–Crippen MR) is 151 cm³/mol. The number of aromatic hydroxyl groups is 1. The number of carbonyl (C=O) groups is 3. The quantitative estimate of drug-likeness (QED) is 0.0750. The maximum atomic E-state index is 12.5. The molecule has 0 aromatic heterocycles. The summed E-state index contributed by atoms with van der Waals surface area (Å²) in [6.45, 7) is 2.13. The van der Waals surface area contributed by atoms with E-state index in [1.54, 1.807) is 0 Å². The molecule has 0 bridgehead atoms. The van der Waals surface area contributed by atoms with Crippen molar-refractivity contribution in [2.45, 2.75) is 103 Å². The van der Waals surface area contributed by atoms with Crippen molar-refractivity contribution in [2.24, 2.45) is 11.8 Å². The largest absolute Gasteiger partial charge is 0.502 e. The lowest BCUT2D eigenvalue weighted by Crippen LogP contribution is -2.43. The van der Waals surface area contributed by atoms with Crippen molar-refractivity contribution in [3.63, 3.8) is 0 Å². The highest BCUT2D eigenvalue weighted by Gasteiger charge is 2.32. The number of amides is 1. The molecule has 1 aromatic rings. The van der Waals surface area contributed by atoms with E-state index in [4.69, 9.17) is 4.74 Å². The van der Waals surface area contributed by atoms with Crippen molar-refractivity contribution in [2.75, 3.05) is 7.11 Å². The Morgan fingerprint density at radius 3 is 2.65 bits per heavy atom. The molecule has 3 N–H and O–H groups in total. The number of ether oxygens (including phenoxy) is 1. The number of nitrogens with zero attached hydrogens (tertiary/aromatic N) is 1. The Kier molecular flexibility index (Phi) is 14.4. The number of Topliss-reactive ketones (excluding diaryl/α,β-unsaturated/α-hetero) is 1. The number of hydrogen-bond donors (Lipinski definition) is 3. The van der Waals surface area contributed by atoms with Crippen LogP contribution in [0.3, 0.4) is 0 Å². The van der Waals surface area contributed by atoms with E-state index in [0.29, 0.717) is 24.2 Å². The zero-order valence-electron chi connectivity index (χ0n) is 23.7. The number of aliphatic hydroxyl groups is 1. The summed E-state index contributed by atoms with van der Waals surface area (Å²) in [5.41, 5.74) is -0.0742. The van der Waals surface area contributed by atoms with E-state index in [0.717, 1.165) is 57.8 Å². The highest BCUT2D eigenvalue weighted by atomic mass is 16.6. The molecule has 0 heterocycles. The second-order valence-electron chi connectivity index (χ2n) is 10.6. The van der Waals surface area contributed by atoms with E-state index >= 15 is 0 Å². The Morgan fingerprint density at radius 2 is 1.95 bits per heavy atom. The first-order chi connectivity index (χ1) is 19.2. The number of methoxy groups -OCH3 is 1. The van der Waals surface area contributed by atoms with Crippen LogP contribution in [0.25, 0.3) is 0 Å². The van der Waals surface area contributed by atoms with Gasteiger partial charge in [-0.05, 0) is 43.2 Å². The fraction of sp³-hybridized carbons (Fsp3) is 0.633. The number of ketones is 1. The number of nitrogens with one attached hydrogen (secondary N) is 1. The first kappa shape index (κ1) is 32.9. The van der Waals surface area contributed by atoms with E-state index in [1.807, 2.05) is 12.2 Å². The Balaban J connectivity index is 1.74. The van der Waals surface area contributed by atoms with Gasteiger partial charge < -0.3 is 20.3 Å². The normalized spacial score (nSPS) is 18.5. The average molecular weight is 561 g/mol. The van der Waals surface area contributed by atoms with Gasteiger partial charge in [0.05, 0.1) is 18.1 Å². The van der Waals surface area contributed by atoms with Gasteiger partial charge in [0.2, 0.25) is 5.91 Å². The number of allylic oxidation sites excluding steroid dienone is 1. The van der Waals surface area contributed by atoms with Crippen LogP contribution in [0.1, 0.15) is 89.5 Å². The predicted octanol–water partition coefficient (Wildman–Crippen LogP) is 4.93. The molecule has 40 heavy (non-hydrogen) atoms. The molecule has 10 nitrogen and oxygen atoms in total. The summed E-state index contributed by atoms with van der Waals surface area (Å²) in [5, 5.41) is 33.5. The van der Waals surface area contributed by atoms with E-state index in [9.17, 15) is 34.7 Å². The minimum Gasteiger partial charge on any atom is -0.502 e. The molecule has 1 amide bonds. The molecular formula is C30H44N2O8. The Bertz CT molecular complexity index is 1020. The lowest BCUT2D eigenvalue weighted by Gasteiger charge is -2.17. The van der Waals surface area contributed by atoms with Gasteiger partial charge in [0.1, 0.15) is 11.8 Å². The maximum absolute atomic E-state index is 12.5. The zero-order valence-corrected chi connectivity index (χ0v) is 23.7. The van der Waals surface area contributed by atoms with Gasteiger partial charge in [0.15, 0.2) is 5.75 Å². The number of benzene rings is 1. The Morgan fingerprint density at radius 1 is 1.20 bits per heavy atom. The van der Waals surface area contributed by atoms with Crippen molar-refractivity contribution >= 4 is 23.3 Å². The molecule has 1 saturated carbocycles.